The molecule has 2 N–H and O–H groups in total. The number of hydrogen-bond acceptors (Lipinski definition) is 7. The minimum atomic E-state index is -3.16. The van der Waals surface area contributed by atoms with Gasteiger partial charge in [-0.25, -0.2) is 18.4 Å². The summed E-state index contributed by atoms with van der Waals surface area (Å²) in [6.45, 7) is -1.93. The number of pyridine rings is 1. The summed E-state index contributed by atoms with van der Waals surface area (Å²) in [5, 5.41) is 8.23. The topological polar surface area (TPSA) is 107 Å². The third-order valence-electron chi connectivity index (χ3n) is 6.86. The Hall–Kier alpha value is -4.43. The van der Waals surface area contributed by atoms with Crippen molar-refractivity contribution >= 4 is 0 Å². The van der Waals surface area contributed by atoms with E-state index in [9.17, 15) is 17.6 Å². The number of hydrogen-bond donors (Lipinski definition) is 1. The molecule has 0 spiro atoms. The zero-order valence-corrected chi connectivity index (χ0v) is 22.5. The van der Waals surface area contributed by atoms with Crippen LogP contribution in [-0.4, -0.2) is 61.6 Å². The monoisotopic (exact) mass is 585 g/mol. The number of halogens is 4. The van der Waals surface area contributed by atoms with E-state index in [0.717, 1.165) is 5.56 Å². The average Bonchev–Trinajstić information content (AvgIpc) is 3.64. The van der Waals surface area contributed by atoms with E-state index in [1.54, 1.807) is 19.2 Å². The van der Waals surface area contributed by atoms with Crippen molar-refractivity contribution in [1.29, 1.82) is 0 Å². The highest BCUT2D eigenvalue weighted by atomic mass is 19.3. The molecule has 220 valence electrons. The maximum atomic E-state index is 14.6. The molecule has 0 saturated carbocycles. The van der Waals surface area contributed by atoms with Crippen molar-refractivity contribution in [3.05, 3.63) is 66.1 Å². The van der Waals surface area contributed by atoms with E-state index >= 15 is 0 Å². The van der Waals surface area contributed by atoms with Crippen LogP contribution in [0.1, 0.15) is 17.7 Å². The van der Waals surface area contributed by atoms with Crippen molar-refractivity contribution in [2.75, 3.05) is 19.8 Å². The lowest BCUT2D eigenvalue weighted by atomic mass is 9.98. The lowest BCUT2D eigenvalue weighted by Crippen LogP contribution is -2.34. The molecule has 6 rings (SSSR count). The third-order valence-corrected chi connectivity index (χ3v) is 6.86. The highest BCUT2D eigenvalue weighted by Crippen LogP contribution is 2.49. The van der Waals surface area contributed by atoms with Gasteiger partial charge in [-0.05, 0) is 17.7 Å². The molecule has 0 fully saturated rings. The molecule has 2 aromatic heterocycles. The minimum Gasteiger partial charge on any atom is -0.474 e. The molecule has 1 unspecified atom stereocenters. The van der Waals surface area contributed by atoms with Crippen LogP contribution in [0.5, 0.6) is 11.8 Å². The van der Waals surface area contributed by atoms with Gasteiger partial charge in [0, 0.05) is 43.7 Å². The second-order valence-corrected chi connectivity index (χ2v) is 9.74. The Bertz CT molecular complexity index is 1650. The molecular weight excluding hydrogens is 558 g/mol. The standard InChI is InChI=1S/C28H27F4N7O3/c1-37-14-19(26(36-37)42-28(31)32)20-18-8-5-10-38(12-16-6-3-2-4-7-16)25(18)34-22(20)21-23(24(29)30)35-39-13-17(40-11-9-33)15-41-27(21)39/h2-8,10,14,17,24,28H,9,11-13,15,33H2,1H3. The summed E-state index contributed by atoms with van der Waals surface area (Å²) in [4.78, 5) is 4.85. The van der Waals surface area contributed by atoms with Gasteiger partial charge in [0.05, 0.1) is 30.0 Å². The molecule has 0 bridgehead atoms. The number of nitrogens with zero attached hydrogens (tertiary/aromatic N) is 6. The second-order valence-electron chi connectivity index (χ2n) is 9.74. The first-order valence-electron chi connectivity index (χ1n) is 13.2. The summed E-state index contributed by atoms with van der Waals surface area (Å²) in [7, 11) is 1.55. The number of aromatic nitrogens is 6. The largest absolute Gasteiger partial charge is 0.474 e. The van der Waals surface area contributed by atoms with Crippen LogP contribution in [0.2, 0.25) is 0 Å². The minimum absolute atomic E-state index is 0.0356. The Morgan fingerprint density at radius 2 is 1.86 bits per heavy atom. The van der Waals surface area contributed by atoms with E-state index in [2.05, 4.69) is 10.2 Å². The Balaban J connectivity index is 1.57. The molecule has 0 saturated heterocycles. The van der Waals surface area contributed by atoms with Crippen molar-refractivity contribution in [2.45, 2.75) is 32.2 Å². The molecule has 3 aromatic rings. The van der Waals surface area contributed by atoms with Crippen LogP contribution in [0.3, 0.4) is 0 Å². The maximum Gasteiger partial charge on any atom is 0.388 e. The summed E-state index contributed by atoms with van der Waals surface area (Å²) in [6.07, 6.45) is -0.128. The van der Waals surface area contributed by atoms with Crippen LogP contribution < -0.4 is 15.2 Å². The van der Waals surface area contributed by atoms with Crippen molar-refractivity contribution in [3.63, 3.8) is 0 Å². The normalized spacial score (nSPS) is 15.0. The van der Waals surface area contributed by atoms with Gasteiger partial charge in [-0.1, -0.05) is 30.3 Å². The summed E-state index contributed by atoms with van der Waals surface area (Å²) >= 11 is 0. The lowest BCUT2D eigenvalue weighted by Gasteiger charge is -2.24. The summed E-state index contributed by atoms with van der Waals surface area (Å²) in [5.41, 5.74) is 6.99. The Kier molecular flexibility index (Phi) is 7.56. The number of fused-ring (bicyclic) bond motifs is 2. The van der Waals surface area contributed by atoms with E-state index < -0.39 is 24.8 Å². The quantitative estimate of drug-likeness (QED) is 0.239. The first kappa shape index (κ1) is 27.7. The average molecular weight is 586 g/mol. The molecular formula is C28H27F4N7O3. The Morgan fingerprint density at radius 3 is 2.60 bits per heavy atom. The SMILES string of the molecule is Cn1cc(-c2c3cccn(Cc4ccccc4)c-3nc2-c2c(C(F)F)nn3c2OCC(OCCN)C3)c(OC(F)F)n1. The molecule has 1 aromatic carbocycles. The zero-order valence-electron chi connectivity index (χ0n) is 22.5. The van der Waals surface area contributed by atoms with Gasteiger partial charge >= 0.3 is 6.61 Å². The molecule has 42 heavy (non-hydrogen) atoms. The number of ether oxygens (including phenoxy) is 3. The predicted octanol–water partition coefficient (Wildman–Crippen LogP) is 4.58. The van der Waals surface area contributed by atoms with Crippen LogP contribution in [0, 0.1) is 0 Å². The van der Waals surface area contributed by atoms with Gasteiger partial charge in [0.25, 0.3) is 6.43 Å². The van der Waals surface area contributed by atoms with E-state index in [-0.39, 0.29) is 48.3 Å². The van der Waals surface area contributed by atoms with Gasteiger partial charge in [-0.2, -0.15) is 13.9 Å². The fraction of sp³-hybridized carbons (Fsp3) is 0.321. The number of nitrogens with two attached hydrogens (primary N) is 1. The predicted molar refractivity (Wildman–Crippen MR) is 144 cm³/mol. The number of rotatable bonds is 10. The second kappa shape index (κ2) is 11.4. The maximum absolute atomic E-state index is 14.6. The molecule has 1 atom stereocenters. The third kappa shape index (κ3) is 5.18. The van der Waals surface area contributed by atoms with Gasteiger partial charge < -0.3 is 24.5 Å². The molecule has 0 radical (unpaired) electrons. The van der Waals surface area contributed by atoms with Crippen LogP contribution in [0.25, 0.3) is 33.8 Å². The van der Waals surface area contributed by atoms with Gasteiger partial charge in [0.15, 0.2) is 0 Å². The highest BCUT2D eigenvalue weighted by Gasteiger charge is 2.37. The van der Waals surface area contributed by atoms with Crippen molar-refractivity contribution in [2.24, 2.45) is 12.8 Å². The lowest BCUT2D eigenvalue weighted by molar-refractivity contribution is -0.0527. The Labute approximate surface area is 237 Å². The van der Waals surface area contributed by atoms with Crippen molar-refractivity contribution in [1.82, 2.24) is 29.1 Å². The van der Waals surface area contributed by atoms with Gasteiger partial charge in [-0.3, -0.25) is 4.68 Å². The summed E-state index contributed by atoms with van der Waals surface area (Å²) in [5.74, 6) is 0.160. The van der Waals surface area contributed by atoms with Gasteiger partial charge in [-0.15, -0.1) is 5.10 Å². The summed E-state index contributed by atoms with van der Waals surface area (Å²) < 4.78 is 76.8. The van der Waals surface area contributed by atoms with Crippen molar-refractivity contribution in [3.8, 4) is 45.5 Å². The molecule has 5 heterocycles. The summed E-state index contributed by atoms with van der Waals surface area (Å²) in [6, 6.07) is 13.1. The molecule has 3 aliphatic rings. The van der Waals surface area contributed by atoms with Crippen LogP contribution in [0.4, 0.5) is 17.6 Å². The first-order valence-corrected chi connectivity index (χ1v) is 13.2. The Morgan fingerprint density at radius 1 is 1.05 bits per heavy atom. The van der Waals surface area contributed by atoms with E-state index in [4.69, 9.17) is 24.9 Å². The smallest absolute Gasteiger partial charge is 0.388 e. The van der Waals surface area contributed by atoms with Gasteiger partial charge in [0.1, 0.15) is 24.2 Å². The van der Waals surface area contributed by atoms with Crippen LogP contribution >= 0.6 is 0 Å². The molecule has 0 amide bonds. The molecule has 3 aliphatic heterocycles. The fourth-order valence-corrected chi connectivity index (χ4v) is 5.19. The van der Waals surface area contributed by atoms with Gasteiger partial charge in [0.2, 0.25) is 11.8 Å². The first-order chi connectivity index (χ1) is 20.3. The molecule has 14 heteroatoms. The fourth-order valence-electron chi connectivity index (χ4n) is 5.19. The van der Waals surface area contributed by atoms with E-state index in [0.29, 0.717) is 30.0 Å². The number of aryl methyl sites for hydroxylation is 1. The molecule has 0 aliphatic carbocycles. The van der Waals surface area contributed by atoms with Crippen molar-refractivity contribution < 1.29 is 31.8 Å². The number of alkyl halides is 4. The van der Waals surface area contributed by atoms with E-state index in [1.165, 1.54) is 15.6 Å². The molecule has 10 nitrogen and oxygen atoms in total. The highest BCUT2D eigenvalue weighted by molar-refractivity contribution is 5.97. The van der Waals surface area contributed by atoms with Crippen LogP contribution in [0.15, 0.2) is 54.9 Å². The van der Waals surface area contributed by atoms with E-state index in [1.807, 2.05) is 41.1 Å². The zero-order chi connectivity index (χ0) is 29.4. The number of benzene rings is 1. The van der Waals surface area contributed by atoms with Crippen LogP contribution in [-0.2, 0) is 24.9 Å².